The molecule has 1 N–H and O–H groups in total. The van der Waals surface area contributed by atoms with Crippen molar-refractivity contribution in [2.45, 2.75) is 25.9 Å². The van der Waals surface area contributed by atoms with Crippen molar-refractivity contribution >= 4 is 5.69 Å². The summed E-state index contributed by atoms with van der Waals surface area (Å²) in [5.74, 6) is 0. The van der Waals surface area contributed by atoms with Gasteiger partial charge < -0.3 is 10.1 Å². The zero-order valence-electron chi connectivity index (χ0n) is 9.07. The van der Waals surface area contributed by atoms with Crippen LogP contribution in [0.2, 0.25) is 0 Å². The first-order valence-corrected chi connectivity index (χ1v) is 5.46. The lowest BCUT2D eigenvalue weighted by molar-refractivity contribution is 0.135. The minimum atomic E-state index is 0.314. The highest BCUT2D eigenvalue weighted by Gasteiger charge is 2.10. The van der Waals surface area contributed by atoms with Crippen molar-refractivity contribution in [2.24, 2.45) is 0 Å². The highest BCUT2D eigenvalue weighted by Crippen LogP contribution is 2.15. The molecule has 1 aromatic rings. The number of benzene rings is 1. The normalized spacial score (nSPS) is 19.7. The highest BCUT2D eigenvalue weighted by molar-refractivity contribution is 5.50. The Morgan fingerprint density at radius 2 is 2.27 bits per heavy atom. The first kappa shape index (κ1) is 10.1. The number of rotatable bonds is 3. The van der Waals surface area contributed by atoms with E-state index in [-0.39, 0.29) is 0 Å². The van der Waals surface area contributed by atoms with Gasteiger partial charge in [0.1, 0.15) is 6.10 Å². The van der Waals surface area contributed by atoms with Crippen LogP contribution >= 0.6 is 0 Å². The molecule has 1 unspecified atom stereocenters. The maximum atomic E-state index is 5.50. The lowest BCUT2D eigenvalue weighted by Gasteiger charge is -2.20. The summed E-state index contributed by atoms with van der Waals surface area (Å²) in [4.78, 5) is 0. The summed E-state index contributed by atoms with van der Waals surface area (Å²) in [6.45, 7) is 3.00. The Balaban J connectivity index is 1.87. The standard InChI is InChI=1S/C13H17NO/c1-11-6-2-3-8-13(11)14-10-12-7-4-5-9-15-12/h2-3,5-6,8-9,12,14H,4,7,10H2,1H3. The molecular formula is C13H17NO. The summed E-state index contributed by atoms with van der Waals surface area (Å²) in [5, 5.41) is 3.42. The Morgan fingerprint density at radius 1 is 1.40 bits per heavy atom. The Bertz CT molecular complexity index is 346. The monoisotopic (exact) mass is 203 g/mol. The van der Waals surface area contributed by atoms with Crippen molar-refractivity contribution in [3.63, 3.8) is 0 Å². The summed E-state index contributed by atoms with van der Waals surface area (Å²) in [5.41, 5.74) is 2.49. The van der Waals surface area contributed by atoms with Gasteiger partial charge in [-0.1, -0.05) is 18.2 Å². The summed E-state index contributed by atoms with van der Waals surface area (Å²) in [7, 11) is 0. The molecule has 1 aliphatic heterocycles. The van der Waals surface area contributed by atoms with Crippen LogP contribution in [0.3, 0.4) is 0 Å². The second-order valence-electron chi connectivity index (χ2n) is 3.90. The number of ether oxygens (including phenoxy) is 1. The van der Waals surface area contributed by atoms with Gasteiger partial charge in [0.2, 0.25) is 0 Å². The summed E-state index contributed by atoms with van der Waals surface area (Å²) in [6, 6.07) is 8.33. The molecule has 1 heterocycles. The predicted molar refractivity (Wildman–Crippen MR) is 62.9 cm³/mol. The molecule has 80 valence electrons. The molecule has 0 saturated carbocycles. The van der Waals surface area contributed by atoms with Gasteiger partial charge in [-0.3, -0.25) is 0 Å². The molecule has 0 aromatic heterocycles. The number of anilines is 1. The van der Waals surface area contributed by atoms with Gasteiger partial charge in [0.25, 0.3) is 0 Å². The van der Waals surface area contributed by atoms with Gasteiger partial charge in [0.05, 0.1) is 12.8 Å². The first-order chi connectivity index (χ1) is 7.36. The lowest BCUT2D eigenvalue weighted by atomic mass is 10.1. The van der Waals surface area contributed by atoms with Gasteiger partial charge in [-0.2, -0.15) is 0 Å². The van der Waals surface area contributed by atoms with E-state index in [2.05, 4.69) is 42.6 Å². The first-order valence-electron chi connectivity index (χ1n) is 5.46. The van der Waals surface area contributed by atoms with Gasteiger partial charge in [0.15, 0.2) is 0 Å². The molecule has 1 aromatic carbocycles. The molecule has 0 bridgehead atoms. The highest BCUT2D eigenvalue weighted by atomic mass is 16.5. The van der Waals surface area contributed by atoms with E-state index in [9.17, 15) is 0 Å². The molecule has 0 fully saturated rings. The number of allylic oxidation sites excluding steroid dienone is 1. The number of hydrogen-bond donors (Lipinski definition) is 1. The van der Waals surface area contributed by atoms with Crippen molar-refractivity contribution in [3.05, 3.63) is 42.2 Å². The van der Waals surface area contributed by atoms with Crippen molar-refractivity contribution in [2.75, 3.05) is 11.9 Å². The molecule has 2 heteroatoms. The predicted octanol–water partition coefficient (Wildman–Crippen LogP) is 3.10. The van der Waals surface area contributed by atoms with E-state index in [0.29, 0.717) is 6.10 Å². The van der Waals surface area contributed by atoms with Gasteiger partial charge in [-0.15, -0.1) is 0 Å². The average molecular weight is 203 g/mol. The van der Waals surface area contributed by atoms with Crippen LogP contribution in [0.25, 0.3) is 0 Å². The van der Waals surface area contributed by atoms with Crippen LogP contribution in [0.1, 0.15) is 18.4 Å². The number of aryl methyl sites for hydroxylation is 1. The Hall–Kier alpha value is -1.44. The molecule has 0 radical (unpaired) electrons. The fraction of sp³-hybridized carbons (Fsp3) is 0.385. The molecule has 15 heavy (non-hydrogen) atoms. The zero-order valence-corrected chi connectivity index (χ0v) is 9.07. The minimum absolute atomic E-state index is 0.314. The number of para-hydroxylation sites is 1. The largest absolute Gasteiger partial charge is 0.497 e. The molecule has 0 amide bonds. The molecular weight excluding hydrogens is 186 g/mol. The Morgan fingerprint density at radius 3 is 3.00 bits per heavy atom. The number of nitrogens with one attached hydrogen (secondary N) is 1. The maximum Gasteiger partial charge on any atom is 0.115 e. The molecule has 0 aliphatic carbocycles. The molecule has 1 atom stereocenters. The van der Waals surface area contributed by atoms with Crippen molar-refractivity contribution in [1.29, 1.82) is 0 Å². The van der Waals surface area contributed by atoms with Crippen LogP contribution in [0.5, 0.6) is 0 Å². The van der Waals surface area contributed by atoms with Crippen molar-refractivity contribution in [1.82, 2.24) is 0 Å². The lowest BCUT2D eigenvalue weighted by Crippen LogP contribution is -2.23. The van der Waals surface area contributed by atoms with Crippen LogP contribution < -0.4 is 5.32 Å². The topological polar surface area (TPSA) is 21.3 Å². The van der Waals surface area contributed by atoms with E-state index >= 15 is 0 Å². The fourth-order valence-corrected chi connectivity index (χ4v) is 1.73. The van der Waals surface area contributed by atoms with Crippen LogP contribution in [-0.2, 0) is 4.74 Å². The van der Waals surface area contributed by atoms with Gasteiger partial charge in [-0.25, -0.2) is 0 Å². The van der Waals surface area contributed by atoms with E-state index < -0.39 is 0 Å². The second-order valence-corrected chi connectivity index (χ2v) is 3.90. The summed E-state index contributed by atoms with van der Waals surface area (Å²) in [6.07, 6.45) is 6.43. The van der Waals surface area contributed by atoms with E-state index in [1.807, 2.05) is 6.26 Å². The molecule has 0 saturated heterocycles. The van der Waals surface area contributed by atoms with Gasteiger partial charge >= 0.3 is 0 Å². The minimum Gasteiger partial charge on any atom is -0.497 e. The fourth-order valence-electron chi connectivity index (χ4n) is 1.73. The molecule has 2 rings (SSSR count). The van der Waals surface area contributed by atoms with E-state index in [1.165, 1.54) is 11.3 Å². The van der Waals surface area contributed by atoms with Crippen LogP contribution in [0.4, 0.5) is 5.69 Å². The molecule has 1 aliphatic rings. The molecule has 0 spiro atoms. The third-order valence-corrected chi connectivity index (χ3v) is 2.69. The van der Waals surface area contributed by atoms with Crippen LogP contribution in [0.15, 0.2) is 36.6 Å². The average Bonchev–Trinajstić information content (AvgIpc) is 2.29. The summed E-state index contributed by atoms with van der Waals surface area (Å²) >= 11 is 0. The third kappa shape index (κ3) is 2.75. The SMILES string of the molecule is Cc1ccccc1NCC1CCC=CO1. The molecule has 2 nitrogen and oxygen atoms in total. The quantitative estimate of drug-likeness (QED) is 0.815. The summed E-state index contributed by atoms with van der Waals surface area (Å²) < 4.78 is 5.50. The maximum absolute atomic E-state index is 5.50. The van der Waals surface area contributed by atoms with E-state index in [1.54, 1.807) is 0 Å². The van der Waals surface area contributed by atoms with Crippen LogP contribution in [0, 0.1) is 6.92 Å². The van der Waals surface area contributed by atoms with E-state index in [0.717, 1.165) is 19.4 Å². The third-order valence-electron chi connectivity index (χ3n) is 2.69. The smallest absolute Gasteiger partial charge is 0.115 e. The van der Waals surface area contributed by atoms with Gasteiger partial charge in [0, 0.05) is 5.69 Å². The Kier molecular flexibility index (Phi) is 3.28. The van der Waals surface area contributed by atoms with Crippen molar-refractivity contribution in [3.8, 4) is 0 Å². The Labute approximate surface area is 91.0 Å². The van der Waals surface area contributed by atoms with Crippen LogP contribution in [-0.4, -0.2) is 12.6 Å². The van der Waals surface area contributed by atoms with Gasteiger partial charge in [-0.05, 0) is 37.5 Å². The number of hydrogen-bond acceptors (Lipinski definition) is 2. The van der Waals surface area contributed by atoms with Crippen molar-refractivity contribution < 1.29 is 4.74 Å². The van der Waals surface area contributed by atoms with E-state index in [4.69, 9.17) is 4.74 Å². The second kappa shape index (κ2) is 4.87. The zero-order chi connectivity index (χ0) is 10.5.